The van der Waals surface area contributed by atoms with E-state index in [0.717, 1.165) is 4.47 Å². The molecule has 0 aliphatic heterocycles. The molecule has 0 aliphatic carbocycles. The Morgan fingerprint density at radius 1 is 1.47 bits per heavy atom. The Balaban J connectivity index is 2.92. The highest BCUT2D eigenvalue weighted by Gasteiger charge is 2.14. The highest BCUT2D eigenvalue weighted by molar-refractivity contribution is 9.10. The van der Waals surface area contributed by atoms with Crippen LogP contribution in [0.15, 0.2) is 22.7 Å². The fraction of sp³-hybridized carbons (Fsp3) is 0.417. The van der Waals surface area contributed by atoms with Crippen LogP contribution in [-0.2, 0) is 4.84 Å². The number of rotatable bonds is 5. The quantitative estimate of drug-likeness (QED) is 0.851. The second-order valence-electron chi connectivity index (χ2n) is 3.67. The van der Waals surface area contributed by atoms with Crippen LogP contribution in [0.2, 0.25) is 0 Å². The lowest BCUT2D eigenvalue weighted by molar-refractivity contribution is 0.0360. The van der Waals surface area contributed by atoms with Crippen LogP contribution in [0.4, 0.5) is 0 Å². The number of hydrogen-bond donors (Lipinski definition) is 1. The van der Waals surface area contributed by atoms with Crippen molar-refractivity contribution < 1.29 is 14.4 Å². The van der Waals surface area contributed by atoms with Gasteiger partial charge in [-0.15, -0.1) is 0 Å². The molecule has 0 spiro atoms. The van der Waals surface area contributed by atoms with Gasteiger partial charge in [-0.3, -0.25) is 9.63 Å². The van der Waals surface area contributed by atoms with Crippen molar-refractivity contribution in [3.05, 3.63) is 28.2 Å². The van der Waals surface area contributed by atoms with Crippen LogP contribution < -0.4 is 10.2 Å². The number of benzene rings is 1. The summed E-state index contributed by atoms with van der Waals surface area (Å²) in [6.45, 7) is 6.03. The maximum Gasteiger partial charge on any atom is 0.278 e. The Morgan fingerprint density at radius 2 is 2.18 bits per heavy atom. The molecule has 4 nitrogen and oxygen atoms in total. The first-order valence-electron chi connectivity index (χ1n) is 5.43. The van der Waals surface area contributed by atoms with E-state index in [1.165, 1.54) is 0 Å². The Labute approximate surface area is 109 Å². The van der Waals surface area contributed by atoms with E-state index in [1.807, 2.05) is 13.8 Å². The van der Waals surface area contributed by atoms with Gasteiger partial charge in [-0.25, -0.2) is 5.48 Å². The van der Waals surface area contributed by atoms with Gasteiger partial charge in [0.15, 0.2) is 0 Å². The van der Waals surface area contributed by atoms with Gasteiger partial charge in [0.05, 0.1) is 18.3 Å². The second kappa shape index (κ2) is 6.61. The summed E-state index contributed by atoms with van der Waals surface area (Å²) in [7, 11) is 0. The molecule has 0 heterocycles. The van der Waals surface area contributed by atoms with Gasteiger partial charge in [-0.05, 0) is 39.0 Å². The van der Waals surface area contributed by atoms with Crippen LogP contribution in [0.25, 0.3) is 0 Å². The zero-order valence-electron chi connectivity index (χ0n) is 10.1. The van der Waals surface area contributed by atoms with Crippen molar-refractivity contribution in [1.29, 1.82) is 0 Å². The average Bonchev–Trinajstić information content (AvgIpc) is 2.25. The normalized spacial score (nSPS) is 10.4. The lowest BCUT2D eigenvalue weighted by Gasteiger charge is -2.14. The summed E-state index contributed by atoms with van der Waals surface area (Å²) in [5.41, 5.74) is 2.80. The monoisotopic (exact) mass is 301 g/mol. The number of carbonyl (C=O) groups excluding carboxylic acids is 1. The summed E-state index contributed by atoms with van der Waals surface area (Å²) in [6, 6.07) is 5.24. The van der Waals surface area contributed by atoms with Crippen LogP contribution in [0.1, 0.15) is 31.1 Å². The molecule has 17 heavy (non-hydrogen) atoms. The van der Waals surface area contributed by atoms with E-state index in [0.29, 0.717) is 17.9 Å². The zero-order chi connectivity index (χ0) is 12.8. The number of carbonyl (C=O) groups is 1. The summed E-state index contributed by atoms with van der Waals surface area (Å²) in [6.07, 6.45) is 0.00273. The van der Waals surface area contributed by atoms with E-state index in [9.17, 15) is 4.79 Å². The van der Waals surface area contributed by atoms with Crippen molar-refractivity contribution in [3.8, 4) is 5.75 Å². The number of hydroxylamine groups is 1. The highest BCUT2D eigenvalue weighted by Crippen LogP contribution is 2.24. The molecule has 94 valence electrons. The molecule has 1 N–H and O–H groups in total. The van der Waals surface area contributed by atoms with Crippen molar-refractivity contribution in [3.63, 3.8) is 0 Å². The van der Waals surface area contributed by atoms with Gasteiger partial charge in [0.1, 0.15) is 5.75 Å². The SMILES string of the molecule is CCONC(=O)c1ccc(Br)cc1OC(C)C. The van der Waals surface area contributed by atoms with Gasteiger partial charge in [-0.1, -0.05) is 15.9 Å². The number of halogens is 1. The molecule has 0 atom stereocenters. The largest absolute Gasteiger partial charge is 0.490 e. The maximum absolute atomic E-state index is 11.8. The summed E-state index contributed by atoms with van der Waals surface area (Å²) < 4.78 is 6.44. The third-order valence-corrected chi connectivity index (χ3v) is 2.35. The fourth-order valence-corrected chi connectivity index (χ4v) is 1.57. The Kier molecular flexibility index (Phi) is 5.44. The van der Waals surface area contributed by atoms with Crippen molar-refractivity contribution in [1.82, 2.24) is 5.48 Å². The van der Waals surface area contributed by atoms with E-state index in [-0.39, 0.29) is 12.0 Å². The van der Waals surface area contributed by atoms with Crippen LogP contribution >= 0.6 is 15.9 Å². The van der Waals surface area contributed by atoms with Crippen molar-refractivity contribution in [2.24, 2.45) is 0 Å². The predicted molar refractivity (Wildman–Crippen MR) is 69.0 cm³/mol. The van der Waals surface area contributed by atoms with Crippen LogP contribution in [0.3, 0.4) is 0 Å². The third kappa shape index (κ3) is 4.36. The van der Waals surface area contributed by atoms with Crippen LogP contribution in [0, 0.1) is 0 Å². The summed E-state index contributed by atoms with van der Waals surface area (Å²) in [5, 5.41) is 0. The lowest BCUT2D eigenvalue weighted by Crippen LogP contribution is -2.24. The molecule has 0 bridgehead atoms. The van der Waals surface area contributed by atoms with Crippen LogP contribution in [0.5, 0.6) is 5.75 Å². The Bertz CT molecular complexity index is 393. The van der Waals surface area contributed by atoms with Crippen LogP contribution in [-0.4, -0.2) is 18.6 Å². The lowest BCUT2D eigenvalue weighted by atomic mass is 10.2. The van der Waals surface area contributed by atoms with Crippen molar-refractivity contribution >= 4 is 21.8 Å². The number of ether oxygens (including phenoxy) is 1. The van der Waals surface area contributed by atoms with Gasteiger partial charge < -0.3 is 4.74 Å². The smallest absolute Gasteiger partial charge is 0.278 e. The minimum Gasteiger partial charge on any atom is -0.490 e. The maximum atomic E-state index is 11.8. The molecule has 0 saturated carbocycles. The molecule has 0 radical (unpaired) electrons. The third-order valence-electron chi connectivity index (χ3n) is 1.86. The number of hydrogen-bond acceptors (Lipinski definition) is 3. The summed E-state index contributed by atoms with van der Waals surface area (Å²) >= 11 is 3.35. The minimum absolute atomic E-state index is 0.00273. The predicted octanol–water partition coefficient (Wildman–Crippen LogP) is 2.92. The van der Waals surface area contributed by atoms with Gasteiger partial charge in [-0.2, -0.15) is 0 Å². The zero-order valence-corrected chi connectivity index (χ0v) is 11.7. The van der Waals surface area contributed by atoms with E-state index in [4.69, 9.17) is 9.57 Å². The molecule has 0 unspecified atom stereocenters. The van der Waals surface area contributed by atoms with Gasteiger partial charge in [0, 0.05) is 4.47 Å². The molecule has 0 fully saturated rings. The molecule has 1 rings (SSSR count). The van der Waals surface area contributed by atoms with Crippen molar-refractivity contribution in [2.45, 2.75) is 26.9 Å². The Morgan fingerprint density at radius 3 is 2.76 bits per heavy atom. The van der Waals surface area contributed by atoms with Gasteiger partial charge in [0.2, 0.25) is 0 Å². The first kappa shape index (κ1) is 14.0. The topological polar surface area (TPSA) is 47.6 Å². The molecule has 1 amide bonds. The van der Waals surface area contributed by atoms with Gasteiger partial charge >= 0.3 is 0 Å². The molecule has 1 aromatic rings. The van der Waals surface area contributed by atoms with Crippen molar-refractivity contribution in [2.75, 3.05) is 6.61 Å². The molecular formula is C12H16BrNO3. The van der Waals surface area contributed by atoms with E-state index < -0.39 is 0 Å². The molecule has 5 heteroatoms. The Hall–Kier alpha value is -1.07. The standard InChI is InChI=1S/C12H16BrNO3/c1-4-16-14-12(15)10-6-5-9(13)7-11(10)17-8(2)3/h5-8H,4H2,1-3H3,(H,14,15). The average molecular weight is 302 g/mol. The first-order valence-corrected chi connectivity index (χ1v) is 6.22. The summed E-state index contributed by atoms with van der Waals surface area (Å²) in [5.74, 6) is 0.224. The summed E-state index contributed by atoms with van der Waals surface area (Å²) in [4.78, 5) is 16.7. The second-order valence-corrected chi connectivity index (χ2v) is 4.59. The highest BCUT2D eigenvalue weighted by atomic mass is 79.9. The number of amides is 1. The van der Waals surface area contributed by atoms with E-state index >= 15 is 0 Å². The fourth-order valence-electron chi connectivity index (χ4n) is 1.23. The molecule has 1 aromatic carbocycles. The molecule has 0 aromatic heterocycles. The van der Waals surface area contributed by atoms with Gasteiger partial charge in [0.25, 0.3) is 5.91 Å². The van der Waals surface area contributed by atoms with E-state index in [2.05, 4.69) is 21.4 Å². The minimum atomic E-state index is -0.310. The number of nitrogens with one attached hydrogen (secondary N) is 1. The molecule has 0 aliphatic rings. The first-order chi connectivity index (χ1) is 8.04. The molecule has 0 saturated heterocycles. The van der Waals surface area contributed by atoms with E-state index in [1.54, 1.807) is 25.1 Å². The molecular weight excluding hydrogens is 286 g/mol.